The van der Waals surface area contributed by atoms with E-state index < -0.39 is 24.6 Å². The van der Waals surface area contributed by atoms with E-state index in [1.54, 1.807) is 0 Å². The van der Waals surface area contributed by atoms with E-state index >= 15 is 0 Å². The number of methoxy groups -OCH3 is 1. The summed E-state index contributed by atoms with van der Waals surface area (Å²) in [5, 5.41) is 0. The van der Waals surface area contributed by atoms with Crippen molar-refractivity contribution >= 4 is 11.9 Å². The van der Waals surface area contributed by atoms with E-state index in [2.05, 4.69) is 9.47 Å². The molecule has 0 aromatic heterocycles. The molecule has 0 atom stereocenters. The van der Waals surface area contributed by atoms with Gasteiger partial charge >= 0.3 is 11.9 Å². The van der Waals surface area contributed by atoms with E-state index in [0.717, 1.165) is 7.11 Å². The van der Waals surface area contributed by atoms with E-state index in [1.807, 2.05) is 0 Å². The SMILES string of the molecule is COC(=O)C(=O)OCC=C(F)F. The van der Waals surface area contributed by atoms with Gasteiger partial charge in [-0.1, -0.05) is 0 Å². The number of carbonyl (C=O) groups excluding carboxylic acids is 2. The summed E-state index contributed by atoms with van der Waals surface area (Å²) in [5.74, 6) is -2.52. The van der Waals surface area contributed by atoms with E-state index in [-0.39, 0.29) is 0 Å². The fourth-order valence-corrected chi connectivity index (χ4v) is 0.323. The average molecular weight is 180 g/mol. The van der Waals surface area contributed by atoms with Crippen LogP contribution >= 0.6 is 0 Å². The first-order valence-corrected chi connectivity index (χ1v) is 2.84. The lowest BCUT2D eigenvalue weighted by Crippen LogP contribution is -2.18. The zero-order valence-corrected chi connectivity index (χ0v) is 6.17. The first kappa shape index (κ1) is 10.5. The lowest BCUT2D eigenvalue weighted by atomic mass is 10.6. The van der Waals surface area contributed by atoms with Crippen molar-refractivity contribution < 1.29 is 27.8 Å². The summed E-state index contributed by atoms with van der Waals surface area (Å²) in [5.41, 5.74) is 0. The Hall–Kier alpha value is -1.46. The molecule has 0 spiro atoms. The van der Waals surface area contributed by atoms with Gasteiger partial charge in [-0.15, -0.1) is 0 Å². The van der Waals surface area contributed by atoms with Crippen LogP contribution in [0.3, 0.4) is 0 Å². The summed E-state index contributed by atoms with van der Waals surface area (Å²) in [6.07, 6.45) is -1.62. The molecule has 0 aliphatic rings. The van der Waals surface area contributed by atoms with E-state index in [0.29, 0.717) is 6.08 Å². The van der Waals surface area contributed by atoms with Crippen LogP contribution in [0.2, 0.25) is 0 Å². The van der Waals surface area contributed by atoms with E-state index in [9.17, 15) is 18.4 Å². The maximum Gasteiger partial charge on any atom is 0.417 e. The highest BCUT2D eigenvalue weighted by molar-refractivity contribution is 6.29. The molecule has 0 bridgehead atoms. The molecule has 0 N–H and O–H groups in total. The number of carbonyl (C=O) groups is 2. The molecule has 12 heavy (non-hydrogen) atoms. The molecule has 6 heteroatoms. The fraction of sp³-hybridized carbons (Fsp3) is 0.333. The minimum Gasteiger partial charge on any atom is -0.461 e. The maximum absolute atomic E-state index is 11.3. The Kier molecular flexibility index (Phi) is 4.59. The van der Waals surface area contributed by atoms with Crippen molar-refractivity contribution in [3.8, 4) is 0 Å². The van der Waals surface area contributed by atoms with Crippen LogP contribution in [0.25, 0.3) is 0 Å². The molecule has 0 rings (SSSR count). The van der Waals surface area contributed by atoms with Gasteiger partial charge < -0.3 is 9.47 Å². The zero-order valence-electron chi connectivity index (χ0n) is 6.17. The van der Waals surface area contributed by atoms with Crippen LogP contribution < -0.4 is 0 Å². The highest BCUT2D eigenvalue weighted by Gasteiger charge is 2.14. The third kappa shape index (κ3) is 4.37. The molecule has 0 amide bonds. The normalized spacial score (nSPS) is 8.58. The largest absolute Gasteiger partial charge is 0.461 e. The summed E-state index contributed by atoms with van der Waals surface area (Å²) >= 11 is 0. The number of hydrogen-bond acceptors (Lipinski definition) is 4. The molecule has 0 fully saturated rings. The Balaban J connectivity index is 3.73. The Morgan fingerprint density at radius 1 is 1.33 bits per heavy atom. The van der Waals surface area contributed by atoms with Crippen LogP contribution in [0.1, 0.15) is 0 Å². The molecular formula is C6H6F2O4. The quantitative estimate of drug-likeness (QED) is 0.458. The minimum atomic E-state index is -1.98. The Bertz CT molecular complexity index is 208. The average Bonchev–Trinajstić information content (AvgIpc) is 2.02. The van der Waals surface area contributed by atoms with Crippen molar-refractivity contribution in [3.63, 3.8) is 0 Å². The summed E-state index contributed by atoms with van der Waals surface area (Å²) in [6, 6.07) is 0. The monoisotopic (exact) mass is 180 g/mol. The van der Waals surface area contributed by atoms with Crippen LogP contribution in [0.4, 0.5) is 8.78 Å². The molecule has 4 nitrogen and oxygen atoms in total. The second-order valence-corrected chi connectivity index (χ2v) is 1.58. The minimum absolute atomic E-state index is 0.362. The van der Waals surface area contributed by atoms with Gasteiger partial charge in [0.25, 0.3) is 6.08 Å². The van der Waals surface area contributed by atoms with Gasteiger partial charge in [-0.2, -0.15) is 8.78 Å². The van der Waals surface area contributed by atoms with Crippen LogP contribution in [0.15, 0.2) is 12.2 Å². The second kappa shape index (κ2) is 5.22. The predicted octanol–water partition coefficient (Wildman–Crippen LogP) is 0.483. The van der Waals surface area contributed by atoms with Gasteiger partial charge in [-0.05, 0) is 0 Å². The lowest BCUT2D eigenvalue weighted by Gasteiger charge is -1.97. The number of ether oxygens (including phenoxy) is 2. The van der Waals surface area contributed by atoms with Crippen molar-refractivity contribution in [3.05, 3.63) is 12.2 Å². The molecule has 68 valence electrons. The summed E-state index contributed by atoms with van der Waals surface area (Å²) in [6.45, 7) is -0.643. The van der Waals surface area contributed by atoms with Crippen LogP contribution in [-0.4, -0.2) is 25.7 Å². The molecule has 0 aromatic rings. The van der Waals surface area contributed by atoms with E-state index in [4.69, 9.17) is 0 Å². The van der Waals surface area contributed by atoms with Gasteiger partial charge in [-0.25, -0.2) is 9.59 Å². The molecule has 0 saturated heterocycles. The smallest absolute Gasteiger partial charge is 0.417 e. The molecule has 0 radical (unpaired) electrons. The lowest BCUT2D eigenvalue weighted by molar-refractivity contribution is -0.165. The first-order valence-electron chi connectivity index (χ1n) is 2.84. The number of rotatable bonds is 2. The van der Waals surface area contributed by atoms with Crippen LogP contribution in [0, 0.1) is 0 Å². The predicted molar refractivity (Wildman–Crippen MR) is 33.3 cm³/mol. The van der Waals surface area contributed by atoms with Gasteiger partial charge in [0.2, 0.25) is 0 Å². The number of halogens is 2. The topological polar surface area (TPSA) is 52.6 Å². The fourth-order valence-electron chi connectivity index (χ4n) is 0.323. The zero-order chi connectivity index (χ0) is 9.56. The van der Waals surface area contributed by atoms with Gasteiger partial charge in [-0.3, -0.25) is 0 Å². The Morgan fingerprint density at radius 3 is 2.33 bits per heavy atom. The second-order valence-electron chi connectivity index (χ2n) is 1.58. The highest BCUT2D eigenvalue weighted by atomic mass is 19.3. The number of esters is 2. The van der Waals surface area contributed by atoms with Crippen molar-refractivity contribution in [2.75, 3.05) is 13.7 Å². The van der Waals surface area contributed by atoms with Gasteiger partial charge in [0.05, 0.1) is 7.11 Å². The molecule has 0 saturated carbocycles. The standard InChI is InChI=1S/C6H6F2O4/c1-11-5(9)6(10)12-3-2-4(7)8/h2H,3H2,1H3. The highest BCUT2D eigenvalue weighted by Crippen LogP contribution is 1.95. The van der Waals surface area contributed by atoms with Gasteiger partial charge in [0.15, 0.2) is 0 Å². The maximum atomic E-state index is 11.3. The third-order valence-electron chi connectivity index (χ3n) is 0.804. The third-order valence-corrected chi connectivity index (χ3v) is 0.804. The molecule has 0 heterocycles. The molecule has 0 aliphatic carbocycles. The van der Waals surface area contributed by atoms with E-state index in [1.165, 1.54) is 0 Å². The first-order chi connectivity index (χ1) is 5.57. The van der Waals surface area contributed by atoms with Crippen molar-refractivity contribution in [1.29, 1.82) is 0 Å². The summed E-state index contributed by atoms with van der Waals surface area (Å²) in [7, 11) is 0.981. The molecule has 0 aliphatic heterocycles. The van der Waals surface area contributed by atoms with Gasteiger partial charge in [0, 0.05) is 6.08 Å². The van der Waals surface area contributed by atoms with Crippen molar-refractivity contribution in [1.82, 2.24) is 0 Å². The van der Waals surface area contributed by atoms with Crippen molar-refractivity contribution in [2.45, 2.75) is 0 Å². The Morgan fingerprint density at radius 2 is 1.92 bits per heavy atom. The molecule has 0 unspecified atom stereocenters. The summed E-state index contributed by atoms with van der Waals surface area (Å²) in [4.78, 5) is 20.7. The molecule has 0 aromatic carbocycles. The van der Waals surface area contributed by atoms with Gasteiger partial charge in [0.1, 0.15) is 6.61 Å². The van der Waals surface area contributed by atoms with Crippen molar-refractivity contribution in [2.24, 2.45) is 0 Å². The number of hydrogen-bond donors (Lipinski definition) is 0. The summed E-state index contributed by atoms with van der Waals surface area (Å²) < 4.78 is 30.6. The Labute approximate surface area is 66.8 Å². The van der Waals surface area contributed by atoms with Crippen LogP contribution in [-0.2, 0) is 19.1 Å². The molecular weight excluding hydrogens is 174 g/mol. The van der Waals surface area contributed by atoms with Crippen LogP contribution in [0.5, 0.6) is 0 Å².